The van der Waals surface area contributed by atoms with Crippen LogP contribution in [0, 0.1) is 6.92 Å². The SMILES string of the molecule is C=CCOc1cccc(C2/C(=C(\O)c3ccc(Br)cc3)C(=O)C(=O)N2c2cc(C)on2)c1. The number of benzene rings is 2. The number of amides is 1. The third kappa shape index (κ3) is 3.97. The standard InChI is InChI=1S/C24H19BrN2O5/c1-3-11-31-18-6-4-5-16(13-18)21-20(22(28)15-7-9-17(25)10-8-15)23(29)24(30)27(21)19-12-14(2)32-26-19/h3-10,12-13,21,28H,1,11H2,2H3/b22-20+. The molecule has 0 saturated carbocycles. The van der Waals surface area contributed by atoms with Crippen molar-refractivity contribution in [1.82, 2.24) is 5.16 Å². The molecule has 1 atom stereocenters. The Hall–Kier alpha value is -3.65. The van der Waals surface area contributed by atoms with E-state index in [4.69, 9.17) is 9.26 Å². The van der Waals surface area contributed by atoms with Crippen molar-refractivity contribution in [2.45, 2.75) is 13.0 Å². The van der Waals surface area contributed by atoms with Gasteiger partial charge in [0, 0.05) is 16.1 Å². The summed E-state index contributed by atoms with van der Waals surface area (Å²) in [4.78, 5) is 27.4. The molecule has 1 unspecified atom stereocenters. The molecule has 1 aliphatic heterocycles. The Morgan fingerprint density at radius 3 is 2.66 bits per heavy atom. The van der Waals surface area contributed by atoms with Gasteiger partial charge in [-0.2, -0.15) is 0 Å². The van der Waals surface area contributed by atoms with E-state index in [0.717, 1.165) is 4.47 Å². The second-order valence-electron chi connectivity index (χ2n) is 7.14. The summed E-state index contributed by atoms with van der Waals surface area (Å²) in [6.07, 6.45) is 1.62. The number of aromatic nitrogens is 1. The maximum atomic E-state index is 13.1. The van der Waals surface area contributed by atoms with Crippen molar-refractivity contribution in [3.05, 3.63) is 94.2 Å². The van der Waals surface area contributed by atoms with E-state index in [9.17, 15) is 14.7 Å². The molecule has 2 heterocycles. The fourth-order valence-corrected chi connectivity index (χ4v) is 3.81. The second kappa shape index (κ2) is 8.84. The first-order valence-corrected chi connectivity index (χ1v) is 10.5. The molecule has 0 radical (unpaired) electrons. The van der Waals surface area contributed by atoms with Gasteiger partial charge in [0.05, 0.1) is 11.6 Å². The number of rotatable bonds is 6. The van der Waals surface area contributed by atoms with Gasteiger partial charge in [0.25, 0.3) is 5.78 Å². The minimum absolute atomic E-state index is 0.0427. The van der Waals surface area contributed by atoms with Crippen molar-refractivity contribution in [1.29, 1.82) is 0 Å². The van der Waals surface area contributed by atoms with E-state index in [0.29, 0.717) is 29.2 Å². The first kappa shape index (κ1) is 21.6. The zero-order chi connectivity index (χ0) is 22.8. The van der Waals surface area contributed by atoms with E-state index >= 15 is 0 Å². The zero-order valence-electron chi connectivity index (χ0n) is 17.1. The van der Waals surface area contributed by atoms with Gasteiger partial charge in [0.2, 0.25) is 0 Å². The molecule has 7 nitrogen and oxygen atoms in total. The van der Waals surface area contributed by atoms with E-state index < -0.39 is 17.7 Å². The number of aryl methyl sites for hydroxylation is 1. The van der Waals surface area contributed by atoms with Gasteiger partial charge >= 0.3 is 5.91 Å². The first-order chi connectivity index (χ1) is 15.4. The highest BCUT2D eigenvalue weighted by molar-refractivity contribution is 9.10. The summed E-state index contributed by atoms with van der Waals surface area (Å²) in [5, 5.41) is 15.0. The molecule has 1 saturated heterocycles. The average Bonchev–Trinajstić information content (AvgIpc) is 3.33. The number of ether oxygens (including phenoxy) is 1. The molecule has 2 aromatic carbocycles. The normalized spacial score (nSPS) is 17.6. The van der Waals surface area contributed by atoms with Gasteiger partial charge in [0.1, 0.15) is 23.9 Å². The maximum absolute atomic E-state index is 13.1. The van der Waals surface area contributed by atoms with Crippen molar-refractivity contribution in [2.75, 3.05) is 11.5 Å². The molecule has 162 valence electrons. The quantitative estimate of drug-likeness (QED) is 0.226. The van der Waals surface area contributed by atoms with Crippen LogP contribution in [0.2, 0.25) is 0 Å². The summed E-state index contributed by atoms with van der Waals surface area (Å²) in [6, 6.07) is 14.4. The maximum Gasteiger partial charge on any atom is 0.301 e. The number of anilines is 1. The van der Waals surface area contributed by atoms with E-state index in [2.05, 4.69) is 27.7 Å². The Labute approximate surface area is 192 Å². The number of Topliss-reactive ketones (excluding diaryl/α,β-unsaturated/α-hetero) is 1. The Kier molecular flexibility index (Phi) is 5.96. The van der Waals surface area contributed by atoms with Gasteiger partial charge in [-0.05, 0) is 36.8 Å². The topological polar surface area (TPSA) is 92.9 Å². The summed E-state index contributed by atoms with van der Waals surface area (Å²) in [7, 11) is 0. The summed E-state index contributed by atoms with van der Waals surface area (Å²) >= 11 is 3.35. The number of aliphatic hydroxyl groups excluding tert-OH is 1. The highest BCUT2D eigenvalue weighted by Crippen LogP contribution is 2.42. The number of carbonyl (C=O) groups is 2. The molecule has 0 aliphatic carbocycles. The fourth-order valence-electron chi connectivity index (χ4n) is 3.54. The van der Waals surface area contributed by atoms with Gasteiger partial charge in [-0.25, -0.2) is 0 Å². The number of nitrogens with zero attached hydrogens (tertiary/aromatic N) is 2. The molecule has 8 heteroatoms. The smallest absolute Gasteiger partial charge is 0.301 e. The van der Waals surface area contributed by atoms with Crippen LogP contribution in [0.15, 0.2) is 81.8 Å². The molecule has 3 aromatic rings. The Morgan fingerprint density at radius 2 is 2.00 bits per heavy atom. The predicted octanol–water partition coefficient (Wildman–Crippen LogP) is 4.94. The van der Waals surface area contributed by atoms with Crippen LogP contribution < -0.4 is 9.64 Å². The number of aliphatic hydroxyl groups is 1. The van der Waals surface area contributed by atoms with Crippen LogP contribution in [-0.2, 0) is 9.59 Å². The summed E-state index contributed by atoms with van der Waals surface area (Å²) in [5.41, 5.74) is 0.940. The van der Waals surface area contributed by atoms with Crippen molar-refractivity contribution >= 4 is 39.2 Å². The van der Waals surface area contributed by atoms with E-state index in [1.54, 1.807) is 67.6 Å². The number of halogens is 1. The average molecular weight is 495 g/mol. The fraction of sp³-hybridized carbons (Fsp3) is 0.125. The van der Waals surface area contributed by atoms with Crippen molar-refractivity contribution in [2.24, 2.45) is 0 Å². The van der Waals surface area contributed by atoms with E-state index in [1.165, 1.54) is 4.90 Å². The van der Waals surface area contributed by atoms with Crippen molar-refractivity contribution < 1.29 is 24.0 Å². The number of hydrogen-bond donors (Lipinski definition) is 1. The summed E-state index contributed by atoms with van der Waals surface area (Å²) < 4.78 is 11.6. The number of carbonyl (C=O) groups excluding carboxylic acids is 2. The van der Waals surface area contributed by atoms with Crippen LogP contribution in [0.25, 0.3) is 5.76 Å². The Bertz CT molecular complexity index is 1230. The molecule has 1 amide bonds. The molecular weight excluding hydrogens is 476 g/mol. The molecule has 4 rings (SSSR count). The Morgan fingerprint density at radius 1 is 1.25 bits per heavy atom. The number of hydrogen-bond acceptors (Lipinski definition) is 6. The lowest BCUT2D eigenvalue weighted by atomic mass is 9.95. The van der Waals surface area contributed by atoms with Crippen LogP contribution >= 0.6 is 15.9 Å². The van der Waals surface area contributed by atoms with E-state index in [-0.39, 0.29) is 17.2 Å². The lowest BCUT2D eigenvalue weighted by Crippen LogP contribution is -2.29. The molecule has 32 heavy (non-hydrogen) atoms. The van der Waals surface area contributed by atoms with Crippen LogP contribution in [0.5, 0.6) is 5.75 Å². The molecule has 1 fully saturated rings. The second-order valence-corrected chi connectivity index (χ2v) is 8.06. The largest absolute Gasteiger partial charge is 0.507 e. The van der Waals surface area contributed by atoms with Gasteiger partial charge < -0.3 is 14.4 Å². The molecule has 0 spiro atoms. The zero-order valence-corrected chi connectivity index (χ0v) is 18.7. The minimum atomic E-state index is -0.921. The molecule has 1 aromatic heterocycles. The lowest BCUT2D eigenvalue weighted by Gasteiger charge is -2.23. The predicted molar refractivity (Wildman–Crippen MR) is 122 cm³/mol. The monoisotopic (exact) mass is 494 g/mol. The Balaban J connectivity index is 1.90. The van der Waals surface area contributed by atoms with Crippen LogP contribution in [-0.4, -0.2) is 28.6 Å². The van der Waals surface area contributed by atoms with Gasteiger partial charge in [-0.15, -0.1) is 0 Å². The summed E-state index contributed by atoms with van der Waals surface area (Å²) in [6.45, 7) is 5.62. The van der Waals surface area contributed by atoms with Crippen molar-refractivity contribution in [3.63, 3.8) is 0 Å². The molecule has 0 bridgehead atoms. The van der Waals surface area contributed by atoms with Gasteiger partial charge in [-0.1, -0.05) is 58.0 Å². The highest BCUT2D eigenvalue weighted by Gasteiger charge is 2.48. The third-order valence-electron chi connectivity index (χ3n) is 4.97. The van der Waals surface area contributed by atoms with Gasteiger partial charge in [0.15, 0.2) is 5.82 Å². The first-order valence-electron chi connectivity index (χ1n) is 9.74. The van der Waals surface area contributed by atoms with Crippen LogP contribution in [0.4, 0.5) is 5.82 Å². The molecule has 1 N–H and O–H groups in total. The number of ketones is 1. The lowest BCUT2D eigenvalue weighted by molar-refractivity contribution is -0.132. The van der Waals surface area contributed by atoms with E-state index in [1.807, 2.05) is 0 Å². The van der Waals surface area contributed by atoms with Crippen molar-refractivity contribution in [3.8, 4) is 5.75 Å². The van der Waals surface area contributed by atoms with Crippen LogP contribution in [0.1, 0.15) is 22.9 Å². The minimum Gasteiger partial charge on any atom is -0.507 e. The van der Waals surface area contributed by atoms with Gasteiger partial charge in [-0.3, -0.25) is 14.5 Å². The highest BCUT2D eigenvalue weighted by atomic mass is 79.9. The third-order valence-corrected chi connectivity index (χ3v) is 5.49. The molecular formula is C24H19BrN2O5. The summed E-state index contributed by atoms with van der Waals surface area (Å²) in [5.74, 6) is -0.694. The van der Waals surface area contributed by atoms with Crippen LogP contribution in [0.3, 0.4) is 0 Å². The molecule has 1 aliphatic rings.